The second kappa shape index (κ2) is 7.36. The number of benzene rings is 1. The fourth-order valence-electron chi connectivity index (χ4n) is 3.47. The number of aryl methyl sites for hydroxylation is 1. The first kappa shape index (κ1) is 17.9. The van der Waals surface area contributed by atoms with Crippen LogP contribution in [0.5, 0.6) is 0 Å². The summed E-state index contributed by atoms with van der Waals surface area (Å²) in [6.45, 7) is 0.617. The Morgan fingerprint density at radius 3 is 2.77 bits per heavy atom. The molecule has 5 rings (SSSR count). The molecule has 1 amide bonds. The fourth-order valence-corrected chi connectivity index (χ4v) is 3.47. The average Bonchev–Trinajstić information content (AvgIpc) is 3.49. The van der Waals surface area contributed by atoms with E-state index in [-0.39, 0.29) is 5.91 Å². The zero-order chi connectivity index (χ0) is 20.5. The van der Waals surface area contributed by atoms with Crippen molar-refractivity contribution in [2.45, 2.75) is 6.54 Å². The molecular formula is C23H20N6O. The van der Waals surface area contributed by atoms with Gasteiger partial charge in [-0.1, -0.05) is 30.3 Å². The quantitative estimate of drug-likeness (QED) is 0.470. The molecule has 148 valence electrons. The Hall–Kier alpha value is -4.13. The van der Waals surface area contributed by atoms with E-state index in [4.69, 9.17) is 0 Å². The summed E-state index contributed by atoms with van der Waals surface area (Å²) in [5.41, 5.74) is 5.12. The van der Waals surface area contributed by atoms with Crippen molar-refractivity contribution in [2.75, 3.05) is 5.32 Å². The maximum Gasteiger partial charge on any atom is 0.258 e. The number of nitrogens with one attached hydrogen (secondary N) is 2. The molecule has 0 unspecified atom stereocenters. The summed E-state index contributed by atoms with van der Waals surface area (Å²) in [4.78, 5) is 20.4. The molecule has 4 aromatic heterocycles. The Bertz CT molecular complexity index is 1330. The summed E-state index contributed by atoms with van der Waals surface area (Å²) >= 11 is 0. The van der Waals surface area contributed by atoms with Crippen molar-refractivity contribution in [3.05, 3.63) is 90.8 Å². The van der Waals surface area contributed by atoms with Crippen LogP contribution in [0.4, 0.5) is 5.69 Å². The summed E-state index contributed by atoms with van der Waals surface area (Å²) < 4.78 is 3.75. The van der Waals surface area contributed by atoms with E-state index in [1.807, 2.05) is 72.7 Å². The van der Waals surface area contributed by atoms with E-state index in [0.29, 0.717) is 17.8 Å². The van der Waals surface area contributed by atoms with Gasteiger partial charge in [0, 0.05) is 54.5 Å². The molecule has 0 aliphatic heterocycles. The number of pyridine rings is 1. The molecule has 5 aromatic rings. The van der Waals surface area contributed by atoms with E-state index in [2.05, 4.69) is 20.4 Å². The van der Waals surface area contributed by atoms with Gasteiger partial charge in [0.2, 0.25) is 0 Å². The molecule has 0 spiro atoms. The number of fused-ring (bicyclic) bond motifs is 1. The maximum absolute atomic E-state index is 12.8. The lowest BCUT2D eigenvalue weighted by Crippen LogP contribution is -2.11. The van der Waals surface area contributed by atoms with E-state index in [9.17, 15) is 4.79 Å². The number of amides is 1. The van der Waals surface area contributed by atoms with Gasteiger partial charge in [-0.3, -0.25) is 9.48 Å². The summed E-state index contributed by atoms with van der Waals surface area (Å²) in [6.07, 6.45) is 11.0. The SMILES string of the molecule is Cn1ccc(-c2cnc3[nH]cc(NC(=O)c4cnn(Cc5ccccc5)c4)c3c2)c1. The van der Waals surface area contributed by atoms with Crippen LogP contribution in [-0.2, 0) is 13.6 Å². The lowest BCUT2D eigenvalue weighted by molar-refractivity contribution is 0.102. The van der Waals surface area contributed by atoms with Crippen molar-refractivity contribution >= 4 is 22.6 Å². The number of carbonyl (C=O) groups is 1. The minimum Gasteiger partial charge on any atom is -0.357 e. The van der Waals surface area contributed by atoms with Crippen LogP contribution < -0.4 is 5.32 Å². The Labute approximate surface area is 173 Å². The summed E-state index contributed by atoms with van der Waals surface area (Å²) in [6, 6.07) is 14.1. The van der Waals surface area contributed by atoms with Crippen molar-refractivity contribution in [3.63, 3.8) is 0 Å². The number of H-pyrrole nitrogens is 1. The highest BCUT2D eigenvalue weighted by atomic mass is 16.1. The first-order valence-electron chi connectivity index (χ1n) is 9.63. The molecule has 30 heavy (non-hydrogen) atoms. The minimum absolute atomic E-state index is 0.208. The van der Waals surface area contributed by atoms with Crippen LogP contribution in [0.1, 0.15) is 15.9 Å². The molecular weight excluding hydrogens is 376 g/mol. The van der Waals surface area contributed by atoms with E-state index < -0.39 is 0 Å². The third kappa shape index (κ3) is 3.48. The van der Waals surface area contributed by atoms with Gasteiger partial charge in [-0.15, -0.1) is 0 Å². The Kier molecular flexibility index (Phi) is 4.40. The molecule has 2 N–H and O–H groups in total. The van der Waals surface area contributed by atoms with E-state index in [1.54, 1.807) is 23.3 Å². The van der Waals surface area contributed by atoms with E-state index >= 15 is 0 Å². The smallest absolute Gasteiger partial charge is 0.258 e. The molecule has 0 aliphatic rings. The van der Waals surface area contributed by atoms with E-state index in [1.165, 1.54) is 0 Å². The van der Waals surface area contributed by atoms with Gasteiger partial charge in [-0.25, -0.2) is 4.98 Å². The van der Waals surface area contributed by atoms with Gasteiger partial charge in [-0.05, 0) is 17.7 Å². The summed E-state index contributed by atoms with van der Waals surface area (Å²) in [5.74, 6) is -0.208. The van der Waals surface area contributed by atoms with Gasteiger partial charge in [0.25, 0.3) is 5.91 Å². The van der Waals surface area contributed by atoms with Gasteiger partial charge in [-0.2, -0.15) is 5.10 Å². The second-order valence-electron chi connectivity index (χ2n) is 7.25. The lowest BCUT2D eigenvalue weighted by atomic mass is 10.1. The number of anilines is 1. The number of hydrogen-bond donors (Lipinski definition) is 2. The Balaban J connectivity index is 1.37. The molecule has 0 bridgehead atoms. The predicted molar refractivity (Wildman–Crippen MR) is 116 cm³/mol. The normalized spacial score (nSPS) is 11.1. The number of aromatic amines is 1. The van der Waals surface area contributed by atoms with Crippen LogP contribution in [0.3, 0.4) is 0 Å². The number of aromatic nitrogens is 5. The standard InChI is InChI=1S/C23H20N6O/c1-28-8-7-17(14-28)18-9-20-21(12-25-22(20)24-10-18)27-23(30)19-11-26-29(15-19)13-16-5-3-2-4-6-16/h2-12,14-15H,13H2,1H3,(H,24,25)(H,27,30). The Morgan fingerprint density at radius 2 is 1.97 bits per heavy atom. The molecule has 4 heterocycles. The van der Waals surface area contributed by atoms with Gasteiger partial charge >= 0.3 is 0 Å². The fraction of sp³-hybridized carbons (Fsp3) is 0.0870. The van der Waals surface area contributed by atoms with Crippen molar-refractivity contribution in [3.8, 4) is 11.1 Å². The molecule has 0 radical (unpaired) electrons. The lowest BCUT2D eigenvalue weighted by Gasteiger charge is -2.03. The number of rotatable bonds is 5. The van der Waals surface area contributed by atoms with Crippen molar-refractivity contribution in [1.82, 2.24) is 24.3 Å². The minimum atomic E-state index is -0.208. The van der Waals surface area contributed by atoms with Gasteiger partial charge in [0.1, 0.15) is 5.65 Å². The molecule has 1 aromatic carbocycles. The van der Waals surface area contributed by atoms with Crippen molar-refractivity contribution in [1.29, 1.82) is 0 Å². The topological polar surface area (TPSA) is 80.5 Å². The van der Waals surface area contributed by atoms with Crippen molar-refractivity contribution < 1.29 is 4.79 Å². The number of hydrogen-bond acceptors (Lipinski definition) is 3. The molecule has 7 nitrogen and oxygen atoms in total. The third-order valence-corrected chi connectivity index (χ3v) is 5.03. The van der Waals surface area contributed by atoms with Gasteiger partial charge < -0.3 is 14.9 Å². The van der Waals surface area contributed by atoms with E-state index in [0.717, 1.165) is 27.7 Å². The summed E-state index contributed by atoms with van der Waals surface area (Å²) in [5, 5.41) is 8.15. The maximum atomic E-state index is 12.8. The largest absolute Gasteiger partial charge is 0.357 e. The molecule has 0 aliphatic carbocycles. The summed E-state index contributed by atoms with van der Waals surface area (Å²) in [7, 11) is 1.98. The Morgan fingerprint density at radius 1 is 1.10 bits per heavy atom. The van der Waals surface area contributed by atoms with Gasteiger partial charge in [0.15, 0.2) is 0 Å². The first-order chi connectivity index (χ1) is 14.7. The molecule has 0 atom stereocenters. The highest BCUT2D eigenvalue weighted by molar-refractivity contribution is 6.08. The third-order valence-electron chi connectivity index (χ3n) is 5.03. The van der Waals surface area contributed by atoms with Crippen LogP contribution in [0.2, 0.25) is 0 Å². The number of carbonyl (C=O) groups excluding carboxylic acids is 1. The zero-order valence-corrected chi connectivity index (χ0v) is 16.4. The van der Waals surface area contributed by atoms with Crippen LogP contribution >= 0.6 is 0 Å². The number of nitrogens with zero attached hydrogens (tertiary/aromatic N) is 4. The van der Waals surface area contributed by atoms with Crippen LogP contribution in [-0.4, -0.2) is 30.2 Å². The highest BCUT2D eigenvalue weighted by Crippen LogP contribution is 2.28. The predicted octanol–water partition coefficient (Wildman–Crippen LogP) is 4.07. The molecule has 0 saturated heterocycles. The molecule has 0 fully saturated rings. The van der Waals surface area contributed by atoms with Crippen LogP contribution in [0.25, 0.3) is 22.2 Å². The first-order valence-corrected chi connectivity index (χ1v) is 9.63. The second-order valence-corrected chi connectivity index (χ2v) is 7.25. The van der Waals surface area contributed by atoms with Crippen LogP contribution in [0, 0.1) is 0 Å². The molecule has 0 saturated carbocycles. The van der Waals surface area contributed by atoms with Gasteiger partial charge in [0.05, 0.1) is 24.0 Å². The average molecular weight is 396 g/mol. The van der Waals surface area contributed by atoms with Crippen molar-refractivity contribution in [2.24, 2.45) is 7.05 Å². The van der Waals surface area contributed by atoms with Crippen LogP contribution in [0.15, 0.2) is 79.6 Å². The highest BCUT2D eigenvalue weighted by Gasteiger charge is 2.13. The zero-order valence-electron chi connectivity index (χ0n) is 16.4. The monoisotopic (exact) mass is 396 g/mol. The molecule has 7 heteroatoms.